The first-order chi connectivity index (χ1) is 8.22. The van der Waals surface area contributed by atoms with Gasteiger partial charge in [0.05, 0.1) is 17.6 Å². The van der Waals surface area contributed by atoms with Gasteiger partial charge in [-0.2, -0.15) is 5.10 Å². The van der Waals surface area contributed by atoms with E-state index in [1.54, 1.807) is 10.9 Å². The Kier molecular flexibility index (Phi) is 3.23. The zero-order valence-corrected chi connectivity index (χ0v) is 9.97. The Morgan fingerprint density at radius 1 is 1.35 bits per heavy atom. The van der Waals surface area contributed by atoms with Crippen LogP contribution in [0.15, 0.2) is 36.5 Å². The van der Waals surface area contributed by atoms with Crippen molar-refractivity contribution in [1.82, 2.24) is 9.78 Å². The predicted octanol–water partition coefficient (Wildman–Crippen LogP) is 2.44. The molecule has 2 aromatic rings. The van der Waals surface area contributed by atoms with Crippen LogP contribution in [-0.4, -0.2) is 15.7 Å². The van der Waals surface area contributed by atoms with Gasteiger partial charge in [0.2, 0.25) is 5.91 Å². The molecule has 0 saturated carbocycles. The van der Waals surface area contributed by atoms with Crippen LogP contribution in [-0.2, 0) is 11.8 Å². The summed E-state index contributed by atoms with van der Waals surface area (Å²) in [6.07, 6.45) is 2.14. The Bertz CT molecular complexity index is 517. The molecule has 0 radical (unpaired) electrons. The minimum absolute atomic E-state index is 0.00446. The van der Waals surface area contributed by atoms with Gasteiger partial charge < -0.3 is 5.32 Å². The van der Waals surface area contributed by atoms with Crippen molar-refractivity contribution in [1.29, 1.82) is 0 Å². The molecule has 1 aromatic heterocycles. The van der Waals surface area contributed by atoms with E-state index in [4.69, 9.17) is 0 Å². The normalized spacial score (nSPS) is 10.2. The fourth-order valence-electron chi connectivity index (χ4n) is 1.71. The van der Waals surface area contributed by atoms with Crippen molar-refractivity contribution in [2.24, 2.45) is 7.05 Å². The monoisotopic (exact) mass is 229 g/mol. The molecule has 0 aliphatic rings. The second kappa shape index (κ2) is 4.82. The molecule has 0 aliphatic heterocycles. The van der Waals surface area contributed by atoms with Crippen LogP contribution in [0.4, 0.5) is 5.69 Å². The second-order valence-corrected chi connectivity index (χ2v) is 3.80. The number of hydrogen-bond donors (Lipinski definition) is 1. The van der Waals surface area contributed by atoms with Crippen LogP contribution in [0.25, 0.3) is 11.3 Å². The molecule has 1 aromatic carbocycles. The third kappa shape index (κ3) is 2.36. The summed E-state index contributed by atoms with van der Waals surface area (Å²) in [5, 5.41) is 7.04. The van der Waals surface area contributed by atoms with Gasteiger partial charge in [-0.15, -0.1) is 0 Å². The number of hydrogen-bond acceptors (Lipinski definition) is 2. The summed E-state index contributed by atoms with van der Waals surface area (Å²) in [4.78, 5) is 11.4. The van der Waals surface area contributed by atoms with Crippen molar-refractivity contribution in [2.45, 2.75) is 13.3 Å². The lowest BCUT2D eigenvalue weighted by Crippen LogP contribution is -2.10. The molecule has 1 heterocycles. The van der Waals surface area contributed by atoms with Crippen LogP contribution in [0.2, 0.25) is 0 Å². The van der Waals surface area contributed by atoms with Crippen molar-refractivity contribution >= 4 is 11.6 Å². The number of anilines is 1. The van der Waals surface area contributed by atoms with E-state index in [2.05, 4.69) is 10.4 Å². The molecule has 0 unspecified atom stereocenters. The maximum Gasteiger partial charge on any atom is 0.224 e. The smallest absolute Gasteiger partial charge is 0.224 e. The molecule has 0 bridgehead atoms. The van der Waals surface area contributed by atoms with Crippen LogP contribution >= 0.6 is 0 Å². The maximum atomic E-state index is 11.4. The highest BCUT2D eigenvalue weighted by Gasteiger charge is 2.12. The van der Waals surface area contributed by atoms with Crippen molar-refractivity contribution in [2.75, 3.05) is 5.32 Å². The largest absolute Gasteiger partial charge is 0.323 e. The molecule has 4 nitrogen and oxygen atoms in total. The Hall–Kier alpha value is -2.10. The highest BCUT2D eigenvalue weighted by Crippen LogP contribution is 2.26. The van der Waals surface area contributed by atoms with Crippen LogP contribution in [0, 0.1) is 0 Å². The molecule has 0 atom stereocenters. The van der Waals surface area contributed by atoms with Gasteiger partial charge in [0.1, 0.15) is 0 Å². The van der Waals surface area contributed by atoms with Gasteiger partial charge in [-0.05, 0) is 0 Å². The number of rotatable bonds is 3. The number of amides is 1. The molecular weight excluding hydrogens is 214 g/mol. The Morgan fingerprint density at radius 2 is 2.06 bits per heavy atom. The zero-order valence-electron chi connectivity index (χ0n) is 9.97. The van der Waals surface area contributed by atoms with Crippen molar-refractivity contribution in [3.8, 4) is 11.3 Å². The summed E-state index contributed by atoms with van der Waals surface area (Å²) in [7, 11) is 1.87. The van der Waals surface area contributed by atoms with E-state index in [0.29, 0.717) is 6.42 Å². The maximum absolute atomic E-state index is 11.4. The molecule has 4 heteroatoms. The molecule has 0 fully saturated rings. The SMILES string of the molecule is CCC(=O)Nc1cnn(C)c1-c1ccccc1. The van der Waals surface area contributed by atoms with Gasteiger partial charge in [0.15, 0.2) is 0 Å². The van der Waals surface area contributed by atoms with Crippen molar-refractivity contribution in [3.05, 3.63) is 36.5 Å². The average Bonchev–Trinajstić information content (AvgIpc) is 2.71. The lowest BCUT2D eigenvalue weighted by Gasteiger charge is -2.07. The van der Waals surface area contributed by atoms with E-state index < -0.39 is 0 Å². The number of aromatic nitrogens is 2. The average molecular weight is 229 g/mol. The molecule has 1 N–H and O–H groups in total. The van der Waals surface area contributed by atoms with Crippen LogP contribution in [0.3, 0.4) is 0 Å². The van der Waals surface area contributed by atoms with Crippen LogP contribution in [0.1, 0.15) is 13.3 Å². The topological polar surface area (TPSA) is 46.9 Å². The molecule has 0 aliphatic carbocycles. The Morgan fingerprint density at radius 3 is 2.71 bits per heavy atom. The summed E-state index contributed by atoms with van der Waals surface area (Å²) in [5.41, 5.74) is 2.72. The first-order valence-electron chi connectivity index (χ1n) is 5.59. The molecule has 1 amide bonds. The fourth-order valence-corrected chi connectivity index (χ4v) is 1.71. The fraction of sp³-hybridized carbons (Fsp3) is 0.231. The molecular formula is C13H15N3O. The van der Waals surface area contributed by atoms with Gasteiger partial charge in [-0.1, -0.05) is 37.3 Å². The van der Waals surface area contributed by atoms with Crippen LogP contribution in [0.5, 0.6) is 0 Å². The highest BCUT2D eigenvalue weighted by molar-refractivity contribution is 5.94. The minimum Gasteiger partial charge on any atom is -0.323 e. The summed E-state index contributed by atoms with van der Waals surface area (Å²) in [6, 6.07) is 9.89. The third-order valence-corrected chi connectivity index (χ3v) is 2.58. The lowest BCUT2D eigenvalue weighted by molar-refractivity contribution is -0.115. The Balaban J connectivity index is 2.40. The Labute approximate surface area is 100 Å². The summed E-state index contributed by atoms with van der Waals surface area (Å²) >= 11 is 0. The minimum atomic E-state index is -0.00446. The standard InChI is InChI=1S/C13H15N3O/c1-3-12(17)15-11-9-14-16(2)13(11)10-7-5-4-6-8-10/h4-9H,3H2,1-2H3,(H,15,17). The molecule has 0 saturated heterocycles. The van der Waals surface area contributed by atoms with E-state index in [1.165, 1.54) is 0 Å². The number of carbonyl (C=O) groups is 1. The van der Waals surface area contributed by atoms with E-state index in [1.807, 2.05) is 44.3 Å². The van der Waals surface area contributed by atoms with Crippen molar-refractivity contribution < 1.29 is 4.79 Å². The number of carbonyl (C=O) groups excluding carboxylic acids is 1. The number of nitrogens with zero attached hydrogens (tertiary/aromatic N) is 2. The van der Waals surface area contributed by atoms with E-state index in [9.17, 15) is 4.79 Å². The van der Waals surface area contributed by atoms with E-state index in [0.717, 1.165) is 16.9 Å². The van der Waals surface area contributed by atoms with E-state index >= 15 is 0 Å². The third-order valence-electron chi connectivity index (χ3n) is 2.58. The molecule has 17 heavy (non-hydrogen) atoms. The first-order valence-corrected chi connectivity index (χ1v) is 5.59. The summed E-state index contributed by atoms with van der Waals surface area (Å²) < 4.78 is 1.76. The number of aryl methyl sites for hydroxylation is 1. The first kappa shape index (κ1) is 11.4. The van der Waals surface area contributed by atoms with Crippen LogP contribution < -0.4 is 5.32 Å². The quantitative estimate of drug-likeness (QED) is 0.878. The van der Waals surface area contributed by atoms with Gasteiger partial charge in [0.25, 0.3) is 0 Å². The summed E-state index contributed by atoms with van der Waals surface area (Å²) in [6.45, 7) is 1.83. The second-order valence-electron chi connectivity index (χ2n) is 3.80. The zero-order chi connectivity index (χ0) is 12.3. The van der Waals surface area contributed by atoms with Gasteiger partial charge in [-0.25, -0.2) is 0 Å². The lowest BCUT2D eigenvalue weighted by atomic mass is 10.1. The summed E-state index contributed by atoms with van der Waals surface area (Å²) in [5.74, 6) is -0.00446. The van der Waals surface area contributed by atoms with Gasteiger partial charge >= 0.3 is 0 Å². The number of benzene rings is 1. The molecule has 88 valence electrons. The molecule has 2 rings (SSSR count). The van der Waals surface area contributed by atoms with E-state index in [-0.39, 0.29) is 5.91 Å². The van der Waals surface area contributed by atoms with Crippen molar-refractivity contribution in [3.63, 3.8) is 0 Å². The van der Waals surface area contributed by atoms with Gasteiger partial charge in [0, 0.05) is 19.0 Å². The highest BCUT2D eigenvalue weighted by atomic mass is 16.1. The number of nitrogens with one attached hydrogen (secondary N) is 1. The van der Waals surface area contributed by atoms with Gasteiger partial charge in [-0.3, -0.25) is 9.48 Å². The molecule has 0 spiro atoms. The predicted molar refractivity (Wildman–Crippen MR) is 67.6 cm³/mol.